The van der Waals surface area contributed by atoms with Crippen molar-refractivity contribution in [3.8, 4) is 11.1 Å². The van der Waals surface area contributed by atoms with Crippen LogP contribution in [-0.4, -0.2) is 0 Å². The number of halogens is 1. The van der Waals surface area contributed by atoms with Crippen LogP contribution in [0.5, 0.6) is 0 Å². The number of benzene rings is 2. The normalized spacial score (nSPS) is 11.5. The van der Waals surface area contributed by atoms with Gasteiger partial charge in [-0.15, -0.1) is 0 Å². The molecule has 2 aromatic rings. The zero-order chi connectivity index (χ0) is 9.54. The van der Waals surface area contributed by atoms with Gasteiger partial charge in [0.25, 0.3) is 0 Å². The van der Waals surface area contributed by atoms with Crippen molar-refractivity contribution >= 4 is 15.9 Å². The molecule has 0 heterocycles. The van der Waals surface area contributed by atoms with Crippen molar-refractivity contribution in [3.05, 3.63) is 58.1 Å². The first kappa shape index (κ1) is 10.4. The SMILES string of the molecule is Brc1ccc2c(c1)Cc1ccccc1-2.N. The molecule has 0 fully saturated rings. The molecule has 2 heteroatoms. The van der Waals surface area contributed by atoms with Crippen LogP contribution in [0.4, 0.5) is 0 Å². The van der Waals surface area contributed by atoms with Gasteiger partial charge in [-0.25, -0.2) is 0 Å². The molecule has 0 aromatic heterocycles. The monoisotopic (exact) mass is 261 g/mol. The number of hydrogen-bond acceptors (Lipinski definition) is 1. The minimum Gasteiger partial charge on any atom is -0.344 e. The Hall–Kier alpha value is -1.12. The summed E-state index contributed by atoms with van der Waals surface area (Å²) >= 11 is 3.51. The molecule has 1 aliphatic carbocycles. The molecule has 1 aliphatic rings. The van der Waals surface area contributed by atoms with Crippen LogP contribution in [-0.2, 0) is 6.42 Å². The Morgan fingerprint density at radius 1 is 0.867 bits per heavy atom. The predicted octanol–water partition coefficient (Wildman–Crippen LogP) is 4.18. The quantitative estimate of drug-likeness (QED) is 0.648. The molecule has 3 rings (SSSR count). The van der Waals surface area contributed by atoms with Gasteiger partial charge in [0, 0.05) is 4.47 Å². The van der Waals surface area contributed by atoms with Crippen molar-refractivity contribution in [3.63, 3.8) is 0 Å². The van der Waals surface area contributed by atoms with Crippen LogP contribution in [0.1, 0.15) is 11.1 Å². The molecular formula is C13H12BrN. The second-order valence-electron chi connectivity index (χ2n) is 3.64. The smallest absolute Gasteiger partial charge is 0.0178 e. The lowest BCUT2D eigenvalue weighted by atomic mass is 10.1. The molecule has 0 bridgehead atoms. The van der Waals surface area contributed by atoms with E-state index < -0.39 is 0 Å². The van der Waals surface area contributed by atoms with Gasteiger partial charge < -0.3 is 6.15 Å². The summed E-state index contributed by atoms with van der Waals surface area (Å²) in [5.74, 6) is 0. The molecule has 0 atom stereocenters. The van der Waals surface area contributed by atoms with Crippen LogP contribution in [0.3, 0.4) is 0 Å². The molecule has 0 radical (unpaired) electrons. The van der Waals surface area contributed by atoms with Crippen molar-refractivity contribution in [1.82, 2.24) is 6.15 Å². The molecule has 2 aromatic carbocycles. The van der Waals surface area contributed by atoms with Crippen molar-refractivity contribution in [2.45, 2.75) is 6.42 Å². The third kappa shape index (κ3) is 1.60. The van der Waals surface area contributed by atoms with Crippen LogP contribution in [0.2, 0.25) is 0 Å². The van der Waals surface area contributed by atoms with E-state index in [1.807, 2.05) is 0 Å². The van der Waals surface area contributed by atoms with E-state index in [0.29, 0.717) is 0 Å². The van der Waals surface area contributed by atoms with E-state index in [9.17, 15) is 0 Å². The summed E-state index contributed by atoms with van der Waals surface area (Å²) in [6, 6.07) is 15.2. The van der Waals surface area contributed by atoms with E-state index in [0.717, 1.165) is 6.42 Å². The largest absolute Gasteiger partial charge is 0.344 e. The third-order valence-electron chi connectivity index (χ3n) is 2.76. The van der Waals surface area contributed by atoms with Crippen LogP contribution < -0.4 is 6.15 Å². The molecule has 76 valence electrons. The molecule has 0 saturated heterocycles. The first-order valence-corrected chi connectivity index (χ1v) is 5.50. The fourth-order valence-corrected chi connectivity index (χ4v) is 2.52. The van der Waals surface area contributed by atoms with Crippen LogP contribution in [0.15, 0.2) is 46.9 Å². The molecular weight excluding hydrogens is 250 g/mol. The Kier molecular flexibility index (Phi) is 2.63. The van der Waals surface area contributed by atoms with E-state index in [1.54, 1.807) is 0 Å². The number of rotatable bonds is 0. The Balaban J connectivity index is 0.000000853. The summed E-state index contributed by atoms with van der Waals surface area (Å²) < 4.78 is 1.17. The van der Waals surface area contributed by atoms with E-state index in [4.69, 9.17) is 0 Å². The molecule has 0 spiro atoms. The maximum atomic E-state index is 3.51. The summed E-state index contributed by atoms with van der Waals surface area (Å²) in [6.45, 7) is 0. The van der Waals surface area contributed by atoms with Gasteiger partial charge in [-0.05, 0) is 40.8 Å². The van der Waals surface area contributed by atoms with E-state index in [2.05, 4.69) is 58.4 Å². The van der Waals surface area contributed by atoms with Gasteiger partial charge in [0.15, 0.2) is 0 Å². The zero-order valence-corrected chi connectivity index (χ0v) is 9.92. The minimum absolute atomic E-state index is 0. The lowest BCUT2D eigenvalue weighted by Crippen LogP contribution is -1.78. The van der Waals surface area contributed by atoms with Crippen molar-refractivity contribution in [2.24, 2.45) is 0 Å². The summed E-state index contributed by atoms with van der Waals surface area (Å²) in [4.78, 5) is 0. The summed E-state index contributed by atoms with van der Waals surface area (Å²) in [5.41, 5.74) is 5.67. The van der Waals surface area contributed by atoms with Crippen molar-refractivity contribution in [1.29, 1.82) is 0 Å². The van der Waals surface area contributed by atoms with Crippen molar-refractivity contribution < 1.29 is 0 Å². The summed E-state index contributed by atoms with van der Waals surface area (Å²) in [5, 5.41) is 0. The highest BCUT2D eigenvalue weighted by Gasteiger charge is 2.16. The van der Waals surface area contributed by atoms with Gasteiger partial charge in [0.05, 0.1) is 0 Å². The fraction of sp³-hybridized carbons (Fsp3) is 0.0769. The average molecular weight is 262 g/mol. The Morgan fingerprint density at radius 3 is 2.47 bits per heavy atom. The first-order valence-electron chi connectivity index (χ1n) is 4.71. The van der Waals surface area contributed by atoms with Gasteiger partial charge in [-0.2, -0.15) is 0 Å². The summed E-state index contributed by atoms with van der Waals surface area (Å²) in [6.07, 6.45) is 1.07. The minimum atomic E-state index is 0. The third-order valence-corrected chi connectivity index (χ3v) is 3.25. The standard InChI is InChI=1S/C13H9Br.H3N/c14-11-5-6-13-10(8-11)7-9-3-1-2-4-12(9)13;/h1-6,8H,7H2;1H3. The van der Waals surface area contributed by atoms with Crippen LogP contribution in [0.25, 0.3) is 11.1 Å². The molecule has 0 aliphatic heterocycles. The molecule has 3 N–H and O–H groups in total. The van der Waals surface area contributed by atoms with Gasteiger partial charge in [0.1, 0.15) is 0 Å². The number of hydrogen-bond donors (Lipinski definition) is 1. The topological polar surface area (TPSA) is 35.0 Å². The van der Waals surface area contributed by atoms with Gasteiger partial charge >= 0.3 is 0 Å². The summed E-state index contributed by atoms with van der Waals surface area (Å²) in [7, 11) is 0. The lowest BCUT2D eigenvalue weighted by molar-refractivity contribution is 1.26. The van der Waals surface area contributed by atoms with Gasteiger partial charge in [-0.1, -0.05) is 46.3 Å². The van der Waals surface area contributed by atoms with Gasteiger partial charge in [-0.3, -0.25) is 0 Å². The van der Waals surface area contributed by atoms with E-state index >= 15 is 0 Å². The molecule has 0 saturated carbocycles. The van der Waals surface area contributed by atoms with Crippen LogP contribution >= 0.6 is 15.9 Å². The van der Waals surface area contributed by atoms with Gasteiger partial charge in [0.2, 0.25) is 0 Å². The first-order chi connectivity index (χ1) is 6.84. The Morgan fingerprint density at radius 2 is 1.60 bits per heavy atom. The Bertz CT molecular complexity index is 506. The second-order valence-corrected chi connectivity index (χ2v) is 4.55. The van der Waals surface area contributed by atoms with E-state index in [1.165, 1.54) is 26.7 Å². The van der Waals surface area contributed by atoms with Crippen LogP contribution in [0, 0.1) is 0 Å². The van der Waals surface area contributed by atoms with Crippen molar-refractivity contribution in [2.75, 3.05) is 0 Å². The van der Waals surface area contributed by atoms with E-state index in [-0.39, 0.29) is 6.15 Å². The maximum Gasteiger partial charge on any atom is 0.0178 e. The highest BCUT2D eigenvalue weighted by molar-refractivity contribution is 9.10. The molecule has 1 nitrogen and oxygen atoms in total. The second kappa shape index (κ2) is 3.80. The molecule has 0 amide bonds. The highest BCUT2D eigenvalue weighted by Crippen LogP contribution is 2.37. The lowest BCUT2D eigenvalue weighted by Gasteiger charge is -1.99. The zero-order valence-electron chi connectivity index (χ0n) is 8.33. The average Bonchev–Trinajstić information content (AvgIpc) is 2.54. The Labute approximate surface area is 97.9 Å². The number of fused-ring (bicyclic) bond motifs is 3. The molecule has 15 heavy (non-hydrogen) atoms. The predicted molar refractivity (Wildman–Crippen MR) is 67.4 cm³/mol. The highest BCUT2D eigenvalue weighted by atomic mass is 79.9. The maximum absolute atomic E-state index is 3.51. The fourth-order valence-electron chi connectivity index (χ4n) is 2.11. The molecule has 0 unspecified atom stereocenters.